The van der Waals surface area contributed by atoms with E-state index in [1.54, 1.807) is 6.92 Å². The number of fused-ring (bicyclic) bond motifs is 1. The molecule has 0 spiro atoms. The Labute approximate surface area is 124 Å². The Balaban J connectivity index is 2.20. The van der Waals surface area contributed by atoms with Gasteiger partial charge in [0.1, 0.15) is 4.88 Å². The first-order valence-electron chi connectivity index (χ1n) is 6.10. The number of morpholine rings is 1. The van der Waals surface area contributed by atoms with Crippen LogP contribution in [0.2, 0.25) is 5.28 Å². The van der Waals surface area contributed by atoms with Crippen molar-refractivity contribution in [2.75, 3.05) is 31.2 Å². The number of hydrogen-bond donors (Lipinski definition) is 1. The highest BCUT2D eigenvalue weighted by atomic mass is 35.5. The third-order valence-corrected chi connectivity index (χ3v) is 4.66. The molecule has 0 atom stereocenters. The van der Waals surface area contributed by atoms with Crippen molar-refractivity contribution in [3.05, 3.63) is 15.7 Å². The molecule has 0 aromatic carbocycles. The number of carbonyl (C=O) groups is 1. The van der Waals surface area contributed by atoms with E-state index < -0.39 is 5.97 Å². The van der Waals surface area contributed by atoms with Crippen LogP contribution < -0.4 is 4.90 Å². The fraction of sp³-hybridized carbons (Fsp3) is 0.417. The maximum absolute atomic E-state index is 11.3. The number of carboxylic acids is 1. The summed E-state index contributed by atoms with van der Waals surface area (Å²) in [6, 6.07) is 0. The lowest BCUT2D eigenvalue weighted by Crippen LogP contribution is -2.36. The molecule has 2 aromatic rings. The van der Waals surface area contributed by atoms with E-state index in [2.05, 4.69) is 14.9 Å². The highest BCUT2D eigenvalue weighted by Crippen LogP contribution is 2.36. The van der Waals surface area contributed by atoms with Gasteiger partial charge in [0.15, 0.2) is 5.82 Å². The van der Waals surface area contributed by atoms with Gasteiger partial charge in [-0.1, -0.05) is 0 Å². The van der Waals surface area contributed by atoms with E-state index in [-0.39, 0.29) is 10.2 Å². The Morgan fingerprint density at radius 2 is 2.10 bits per heavy atom. The fourth-order valence-electron chi connectivity index (χ4n) is 2.24. The van der Waals surface area contributed by atoms with Crippen LogP contribution in [0.5, 0.6) is 0 Å². The molecular formula is C12H12ClN3O3S. The van der Waals surface area contributed by atoms with Crippen LogP contribution in [0.3, 0.4) is 0 Å². The monoisotopic (exact) mass is 313 g/mol. The van der Waals surface area contributed by atoms with E-state index in [1.165, 1.54) is 11.3 Å². The first-order valence-corrected chi connectivity index (χ1v) is 7.30. The number of halogens is 1. The van der Waals surface area contributed by atoms with Gasteiger partial charge in [0.25, 0.3) is 0 Å². The lowest BCUT2D eigenvalue weighted by Gasteiger charge is -2.28. The van der Waals surface area contributed by atoms with Gasteiger partial charge >= 0.3 is 5.97 Å². The Morgan fingerprint density at radius 3 is 2.75 bits per heavy atom. The number of thiophene rings is 1. The number of aryl methyl sites for hydroxylation is 1. The minimum atomic E-state index is -0.949. The number of hydrogen-bond acceptors (Lipinski definition) is 6. The Hall–Kier alpha value is -1.44. The Kier molecular flexibility index (Phi) is 3.49. The maximum Gasteiger partial charge on any atom is 0.346 e. The number of anilines is 1. The number of ether oxygens (including phenoxy) is 1. The van der Waals surface area contributed by atoms with E-state index in [1.807, 2.05) is 0 Å². The van der Waals surface area contributed by atoms with Crippen LogP contribution in [0.25, 0.3) is 10.2 Å². The summed E-state index contributed by atoms with van der Waals surface area (Å²) in [5, 5.41) is 9.37. The molecule has 1 fully saturated rings. The highest BCUT2D eigenvalue weighted by molar-refractivity contribution is 7.21. The van der Waals surface area contributed by atoms with Crippen LogP contribution in [-0.4, -0.2) is 47.3 Å². The van der Waals surface area contributed by atoms with E-state index in [0.717, 1.165) is 4.70 Å². The summed E-state index contributed by atoms with van der Waals surface area (Å²) in [5.74, 6) is -0.251. The SMILES string of the molecule is Cc1c(C(=O)O)sc2c(N3CCOCC3)nc(Cl)nc12. The predicted molar refractivity (Wildman–Crippen MR) is 77.2 cm³/mol. The molecule has 1 N–H and O–H groups in total. The molecular weight excluding hydrogens is 302 g/mol. The lowest BCUT2D eigenvalue weighted by atomic mass is 10.2. The normalized spacial score (nSPS) is 15.8. The van der Waals surface area contributed by atoms with Gasteiger partial charge in [-0.05, 0) is 18.5 Å². The summed E-state index contributed by atoms with van der Waals surface area (Å²) >= 11 is 7.18. The van der Waals surface area contributed by atoms with Gasteiger partial charge in [0.05, 0.1) is 23.4 Å². The molecule has 106 valence electrons. The quantitative estimate of drug-likeness (QED) is 0.857. The van der Waals surface area contributed by atoms with Crippen molar-refractivity contribution in [3.8, 4) is 0 Å². The molecule has 0 amide bonds. The van der Waals surface area contributed by atoms with Crippen molar-refractivity contribution < 1.29 is 14.6 Å². The van der Waals surface area contributed by atoms with E-state index in [9.17, 15) is 9.90 Å². The number of nitrogens with zero attached hydrogens (tertiary/aromatic N) is 3. The number of rotatable bonds is 2. The van der Waals surface area contributed by atoms with Crippen LogP contribution in [0.1, 0.15) is 15.2 Å². The zero-order chi connectivity index (χ0) is 14.3. The molecule has 6 nitrogen and oxygen atoms in total. The molecule has 1 aliphatic heterocycles. The van der Waals surface area contributed by atoms with Crippen molar-refractivity contribution in [1.82, 2.24) is 9.97 Å². The summed E-state index contributed by atoms with van der Waals surface area (Å²) < 4.78 is 6.09. The third kappa shape index (κ3) is 2.21. The Bertz CT molecular complexity index is 682. The summed E-state index contributed by atoms with van der Waals surface area (Å²) in [7, 11) is 0. The molecule has 0 radical (unpaired) electrons. The van der Waals surface area contributed by atoms with Gasteiger partial charge in [-0.3, -0.25) is 0 Å². The summed E-state index contributed by atoms with van der Waals surface area (Å²) in [5.41, 5.74) is 1.25. The summed E-state index contributed by atoms with van der Waals surface area (Å²) in [6.07, 6.45) is 0. The van der Waals surface area contributed by atoms with Gasteiger partial charge < -0.3 is 14.7 Å². The molecule has 0 bridgehead atoms. The van der Waals surface area contributed by atoms with Gasteiger partial charge in [-0.15, -0.1) is 11.3 Å². The average molecular weight is 314 g/mol. The number of aromatic carboxylic acids is 1. The topological polar surface area (TPSA) is 75.5 Å². The van der Waals surface area contributed by atoms with Crippen LogP contribution in [0, 0.1) is 6.92 Å². The molecule has 20 heavy (non-hydrogen) atoms. The van der Waals surface area contributed by atoms with Crippen LogP contribution in [0.4, 0.5) is 5.82 Å². The summed E-state index contributed by atoms with van der Waals surface area (Å²) in [6.45, 7) is 4.41. The van der Waals surface area contributed by atoms with E-state index >= 15 is 0 Å². The second kappa shape index (κ2) is 5.16. The molecule has 1 saturated heterocycles. The van der Waals surface area contributed by atoms with Crippen molar-refractivity contribution in [1.29, 1.82) is 0 Å². The minimum absolute atomic E-state index is 0.136. The molecule has 3 rings (SSSR count). The van der Waals surface area contributed by atoms with Crippen molar-refractivity contribution in [2.45, 2.75) is 6.92 Å². The Morgan fingerprint density at radius 1 is 1.40 bits per heavy atom. The van der Waals surface area contributed by atoms with Crippen LogP contribution in [-0.2, 0) is 4.74 Å². The summed E-state index contributed by atoms with van der Waals surface area (Å²) in [4.78, 5) is 22.1. The van der Waals surface area contributed by atoms with Gasteiger partial charge in [-0.25, -0.2) is 9.78 Å². The van der Waals surface area contributed by atoms with E-state index in [4.69, 9.17) is 16.3 Å². The average Bonchev–Trinajstić information content (AvgIpc) is 2.77. The largest absolute Gasteiger partial charge is 0.477 e. The van der Waals surface area contributed by atoms with Gasteiger partial charge in [0.2, 0.25) is 5.28 Å². The molecule has 0 aliphatic carbocycles. The molecule has 3 heterocycles. The molecule has 0 saturated carbocycles. The maximum atomic E-state index is 11.3. The highest BCUT2D eigenvalue weighted by Gasteiger charge is 2.23. The second-order valence-electron chi connectivity index (χ2n) is 4.45. The van der Waals surface area contributed by atoms with Crippen molar-refractivity contribution in [3.63, 3.8) is 0 Å². The minimum Gasteiger partial charge on any atom is -0.477 e. The first-order chi connectivity index (χ1) is 9.58. The predicted octanol–water partition coefficient (Wildman–Crippen LogP) is 2.19. The zero-order valence-corrected chi connectivity index (χ0v) is 12.3. The van der Waals surface area contributed by atoms with Crippen molar-refractivity contribution >= 4 is 44.9 Å². The van der Waals surface area contributed by atoms with E-state index in [0.29, 0.717) is 43.2 Å². The molecule has 2 aromatic heterocycles. The molecule has 8 heteroatoms. The van der Waals surface area contributed by atoms with Gasteiger partial charge in [-0.2, -0.15) is 4.98 Å². The smallest absolute Gasteiger partial charge is 0.346 e. The zero-order valence-electron chi connectivity index (χ0n) is 10.7. The standard InChI is InChI=1S/C12H12ClN3O3S/c1-6-7-9(20-8(6)11(17)18)10(15-12(13)14-7)16-2-4-19-5-3-16/h2-5H2,1H3,(H,17,18). The number of carboxylic acid groups (broad SMARTS) is 1. The van der Waals surface area contributed by atoms with Gasteiger partial charge in [0, 0.05) is 18.7 Å². The fourth-order valence-corrected chi connectivity index (χ4v) is 3.51. The second-order valence-corrected chi connectivity index (χ2v) is 5.81. The third-order valence-electron chi connectivity index (χ3n) is 3.23. The number of aromatic nitrogens is 2. The van der Waals surface area contributed by atoms with Crippen LogP contribution >= 0.6 is 22.9 Å². The van der Waals surface area contributed by atoms with Crippen LogP contribution in [0.15, 0.2) is 0 Å². The molecule has 0 unspecified atom stereocenters. The molecule has 1 aliphatic rings. The first kappa shape index (κ1) is 13.5. The lowest BCUT2D eigenvalue weighted by molar-refractivity contribution is 0.0701. The van der Waals surface area contributed by atoms with Crippen molar-refractivity contribution in [2.24, 2.45) is 0 Å².